The van der Waals surface area contributed by atoms with E-state index in [0.717, 1.165) is 48.6 Å². The molecule has 3 rings (SSSR count). The number of benzene rings is 3. The van der Waals surface area contributed by atoms with Crippen LogP contribution in [0.5, 0.6) is 11.5 Å². The van der Waals surface area contributed by atoms with Gasteiger partial charge < -0.3 is 29.6 Å². The van der Waals surface area contributed by atoms with Crippen molar-refractivity contribution >= 4 is 40.5 Å². The van der Waals surface area contributed by atoms with Crippen LogP contribution in [-0.2, 0) is 28.7 Å². The third kappa shape index (κ3) is 10.7. The van der Waals surface area contributed by atoms with Crippen LogP contribution in [0.3, 0.4) is 0 Å². The van der Waals surface area contributed by atoms with Crippen molar-refractivity contribution in [2.75, 3.05) is 38.3 Å². The summed E-state index contributed by atoms with van der Waals surface area (Å²) in [5.41, 5.74) is 10.4. The Balaban J connectivity index is 1.48. The average molecular weight is 637 g/mol. The van der Waals surface area contributed by atoms with Crippen LogP contribution in [0.15, 0.2) is 48.5 Å². The van der Waals surface area contributed by atoms with Gasteiger partial charge in [0, 0.05) is 12.2 Å². The molecule has 0 amide bonds. The first-order valence-electron chi connectivity index (χ1n) is 15.6. The highest BCUT2D eigenvalue weighted by Crippen LogP contribution is 2.29. The van der Waals surface area contributed by atoms with Crippen LogP contribution < -0.4 is 20.1 Å². The molecule has 8 heteroatoms. The standard InChI is InChI=1S/C36H48N2O4S2/c1-8-29-22-27(19-25(6)33(29)24(4)5)21-28-20-26(7)34(30(9-2)23-28)38-36(44)42-18-16-40-32-13-11-31(12-14-32)39-15-17-41-35(43)37-10-3/h11-14,19-20,22-24H,8-10,15-18,21H2,1-7H3,(H,37,43)(H,38,44). The van der Waals surface area contributed by atoms with Crippen LogP contribution in [0.4, 0.5) is 5.69 Å². The summed E-state index contributed by atoms with van der Waals surface area (Å²) in [7, 11) is 0. The van der Waals surface area contributed by atoms with Crippen molar-refractivity contribution in [3.8, 4) is 11.5 Å². The SMILES string of the molecule is CCNC(=S)OCCOc1ccc(OCCOC(=S)Nc2c(C)cc(Cc3cc(C)c(C(C)C)c(CC)c3)cc2CC)cc1. The van der Waals surface area contributed by atoms with Gasteiger partial charge in [0.1, 0.15) is 37.9 Å². The molecular weight excluding hydrogens is 589 g/mol. The van der Waals surface area contributed by atoms with Crippen molar-refractivity contribution in [2.45, 2.75) is 73.6 Å². The molecule has 0 aliphatic heterocycles. The number of thiocarbonyl (C=S) groups is 2. The number of hydrogen-bond acceptors (Lipinski definition) is 6. The Morgan fingerprint density at radius 3 is 1.75 bits per heavy atom. The fraction of sp³-hybridized carbons (Fsp3) is 0.444. The number of hydrogen-bond donors (Lipinski definition) is 2. The Morgan fingerprint density at radius 1 is 0.705 bits per heavy atom. The van der Waals surface area contributed by atoms with Crippen LogP contribution in [0.1, 0.15) is 79.5 Å². The molecular formula is C36H48N2O4S2. The van der Waals surface area contributed by atoms with E-state index in [9.17, 15) is 0 Å². The van der Waals surface area contributed by atoms with Crippen molar-refractivity contribution in [3.63, 3.8) is 0 Å². The molecule has 0 atom stereocenters. The molecule has 44 heavy (non-hydrogen) atoms. The number of anilines is 1. The molecule has 0 heterocycles. The van der Waals surface area contributed by atoms with E-state index in [4.69, 9.17) is 43.4 Å². The Hall–Kier alpha value is -3.36. The molecule has 0 radical (unpaired) electrons. The second-order valence-electron chi connectivity index (χ2n) is 11.1. The van der Waals surface area contributed by atoms with Crippen LogP contribution in [0.2, 0.25) is 0 Å². The van der Waals surface area contributed by atoms with Crippen molar-refractivity contribution in [1.29, 1.82) is 0 Å². The topological polar surface area (TPSA) is 61.0 Å². The van der Waals surface area contributed by atoms with E-state index >= 15 is 0 Å². The monoisotopic (exact) mass is 636 g/mol. The minimum Gasteiger partial charge on any atom is -0.490 e. The molecule has 0 saturated heterocycles. The molecule has 3 aromatic carbocycles. The highest BCUT2D eigenvalue weighted by atomic mass is 32.1. The van der Waals surface area contributed by atoms with Crippen molar-refractivity contribution in [3.05, 3.63) is 87.5 Å². The normalized spacial score (nSPS) is 10.8. The van der Waals surface area contributed by atoms with E-state index in [1.165, 1.54) is 33.4 Å². The summed E-state index contributed by atoms with van der Waals surface area (Å²) in [6.45, 7) is 17.5. The molecule has 0 fully saturated rings. The van der Waals surface area contributed by atoms with E-state index in [1.807, 2.05) is 31.2 Å². The molecule has 6 nitrogen and oxygen atoms in total. The number of aryl methyl sites for hydroxylation is 4. The zero-order valence-electron chi connectivity index (χ0n) is 27.3. The third-order valence-corrected chi connectivity index (χ3v) is 7.78. The van der Waals surface area contributed by atoms with Gasteiger partial charge in [-0.15, -0.1) is 0 Å². The molecule has 0 bridgehead atoms. The fourth-order valence-electron chi connectivity index (χ4n) is 5.46. The molecule has 238 valence electrons. The largest absolute Gasteiger partial charge is 0.490 e. The van der Waals surface area contributed by atoms with Gasteiger partial charge in [-0.1, -0.05) is 52.0 Å². The summed E-state index contributed by atoms with van der Waals surface area (Å²) in [4.78, 5) is 0. The number of rotatable bonds is 15. The average Bonchev–Trinajstić information content (AvgIpc) is 2.99. The maximum absolute atomic E-state index is 5.81. The summed E-state index contributed by atoms with van der Waals surface area (Å²) in [6.07, 6.45) is 2.86. The minimum absolute atomic E-state index is 0.331. The quantitative estimate of drug-likeness (QED) is 0.128. The zero-order valence-corrected chi connectivity index (χ0v) is 28.9. The van der Waals surface area contributed by atoms with Gasteiger partial charge in [0.2, 0.25) is 0 Å². The smallest absolute Gasteiger partial charge is 0.261 e. The zero-order chi connectivity index (χ0) is 32.1. The number of nitrogens with one attached hydrogen (secondary N) is 2. The lowest BCUT2D eigenvalue weighted by Crippen LogP contribution is -2.25. The molecule has 0 aliphatic carbocycles. The highest BCUT2D eigenvalue weighted by Gasteiger charge is 2.13. The Labute approximate surface area is 274 Å². The summed E-state index contributed by atoms with van der Waals surface area (Å²) in [5, 5.41) is 6.99. The van der Waals surface area contributed by atoms with Gasteiger partial charge in [-0.05, 0) is 134 Å². The fourth-order valence-corrected chi connectivity index (χ4v) is 5.88. The lowest BCUT2D eigenvalue weighted by atomic mass is 9.88. The lowest BCUT2D eigenvalue weighted by molar-refractivity contribution is 0.205. The van der Waals surface area contributed by atoms with E-state index in [0.29, 0.717) is 42.7 Å². The van der Waals surface area contributed by atoms with Gasteiger partial charge in [0.05, 0.1) is 0 Å². The van der Waals surface area contributed by atoms with Gasteiger partial charge >= 0.3 is 0 Å². The molecule has 0 aliphatic rings. The van der Waals surface area contributed by atoms with E-state index in [1.54, 1.807) is 0 Å². The summed E-state index contributed by atoms with van der Waals surface area (Å²) < 4.78 is 22.6. The first-order chi connectivity index (χ1) is 21.1. The molecule has 3 aromatic rings. The van der Waals surface area contributed by atoms with Crippen LogP contribution in [0.25, 0.3) is 0 Å². The lowest BCUT2D eigenvalue weighted by Gasteiger charge is -2.19. The number of ether oxygens (including phenoxy) is 4. The Kier molecular flexibility index (Phi) is 14.2. The predicted molar refractivity (Wildman–Crippen MR) is 190 cm³/mol. The molecule has 2 N–H and O–H groups in total. The first kappa shape index (κ1) is 35.1. The van der Waals surface area contributed by atoms with Crippen LogP contribution in [0, 0.1) is 13.8 Å². The highest BCUT2D eigenvalue weighted by molar-refractivity contribution is 7.80. The van der Waals surface area contributed by atoms with E-state index in [2.05, 4.69) is 76.4 Å². The minimum atomic E-state index is 0.331. The van der Waals surface area contributed by atoms with Gasteiger partial charge in [-0.25, -0.2) is 0 Å². The maximum atomic E-state index is 5.81. The molecule has 0 unspecified atom stereocenters. The third-order valence-electron chi connectivity index (χ3n) is 7.30. The summed E-state index contributed by atoms with van der Waals surface area (Å²) in [5.74, 6) is 1.99. The predicted octanol–water partition coefficient (Wildman–Crippen LogP) is 8.22. The van der Waals surface area contributed by atoms with Gasteiger partial charge in [0.15, 0.2) is 0 Å². The maximum Gasteiger partial charge on any atom is 0.261 e. The van der Waals surface area contributed by atoms with Gasteiger partial charge in [0.25, 0.3) is 10.3 Å². The van der Waals surface area contributed by atoms with E-state index < -0.39 is 0 Å². The second-order valence-corrected chi connectivity index (χ2v) is 11.8. The summed E-state index contributed by atoms with van der Waals surface area (Å²) >= 11 is 10.5. The van der Waals surface area contributed by atoms with E-state index in [-0.39, 0.29) is 0 Å². The Morgan fingerprint density at radius 2 is 1.23 bits per heavy atom. The second kappa shape index (κ2) is 17.8. The first-order valence-corrected chi connectivity index (χ1v) is 16.4. The van der Waals surface area contributed by atoms with Crippen LogP contribution in [-0.4, -0.2) is 43.3 Å². The molecule has 0 spiro atoms. The van der Waals surface area contributed by atoms with Crippen molar-refractivity contribution in [2.24, 2.45) is 0 Å². The van der Waals surface area contributed by atoms with Crippen molar-refractivity contribution < 1.29 is 18.9 Å². The van der Waals surface area contributed by atoms with Crippen molar-refractivity contribution in [1.82, 2.24) is 5.32 Å². The molecule has 0 aromatic heterocycles. The van der Waals surface area contributed by atoms with Crippen LogP contribution >= 0.6 is 24.4 Å². The Bertz CT molecular complexity index is 1390. The summed E-state index contributed by atoms with van der Waals surface area (Å²) in [6, 6.07) is 16.7. The van der Waals surface area contributed by atoms with Gasteiger partial charge in [-0.2, -0.15) is 0 Å². The van der Waals surface area contributed by atoms with Gasteiger partial charge in [-0.3, -0.25) is 0 Å². The molecule has 0 saturated carbocycles.